The first kappa shape index (κ1) is 19.7. The van der Waals surface area contributed by atoms with Crippen molar-refractivity contribution in [1.29, 1.82) is 0 Å². The van der Waals surface area contributed by atoms with Crippen LogP contribution in [0.15, 0.2) is 61.3 Å². The molecule has 0 aliphatic heterocycles. The molecule has 3 rings (SSSR count). The van der Waals surface area contributed by atoms with Gasteiger partial charge in [-0.1, -0.05) is 36.9 Å². The van der Waals surface area contributed by atoms with Crippen molar-refractivity contribution >= 4 is 22.4 Å². The van der Waals surface area contributed by atoms with E-state index in [0.717, 1.165) is 33.4 Å². The number of esters is 1. The molecule has 4 nitrogen and oxygen atoms in total. The molecule has 0 bridgehead atoms. The van der Waals surface area contributed by atoms with E-state index in [2.05, 4.69) is 6.58 Å². The minimum atomic E-state index is -0.513. The van der Waals surface area contributed by atoms with Crippen LogP contribution in [-0.4, -0.2) is 16.1 Å². The zero-order chi connectivity index (χ0) is 20.3. The maximum atomic E-state index is 12.3. The molecule has 2 aromatic carbocycles. The van der Waals surface area contributed by atoms with Crippen molar-refractivity contribution in [3.05, 3.63) is 72.4 Å². The van der Waals surface area contributed by atoms with Gasteiger partial charge in [-0.2, -0.15) is 0 Å². The Morgan fingerprint density at radius 2 is 1.82 bits per heavy atom. The second-order valence-corrected chi connectivity index (χ2v) is 7.99. The molecule has 0 radical (unpaired) electrons. The molecule has 146 valence electrons. The van der Waals surface area contributed by atoms with Crippen LogP contribution in [0.25, 0.3) is 16.5 Å². The number of hydrogen-bond acceptors (Lipinski definition) is 3. The lowest BCUT2D eigenvalue weighted by atomic mass is 10.1. The Balaban J connectivity index is 1.89. The van der Waals surface area contributed by atoms with Gasteiger partial charge in [0.05, 0.1) is 5.52 Å². The molecule has 0 atom stereocenters. The molecule has 0 saturated heterocycles. The molecule has 3 aromatic rings. The van der Waals surface area contributed by atoms with Crippen molar-refractivity contribution in [2.75, 3.05) is 0 Å². The van der Waals surface area contributed by atoms with E-state index in [4.69, 9.17) is 9.47 Å². The van der Waals surface area contributed by atoms with Crippen molar-refractivity contribution in [2.24, 2.45) is 0 Å². The van der Waals surface area contributed by atoms with Crippen LogP contribution < -0.4 is 4.74 Å². The van der Waals surface area contributed by atoms with Crippen LogP contribution in [0.2, 0.25) is 0 Å². The highest BCUT2D eigenvalue weighted by Gasteiger charge is 2.18. The number of ether oxygens (including phenoxy) is 2. The highest BCUT2D eigenvalue weighted by Crippen LogP contribution is 2.30. The van der Waals surface area contributed by atoms with Crippen LogP contribution >= 0.6 is 0 Å². The smallest absolute Gasteiger partial charge is 0.326 e. The fourth-order valence-corrected chi connectivity index (χ4v) is 3.09. The molecule has 4 heteroatoms. The molecule has 0 spiro atoms. The van der Waals surface area contributed by atoms with Gasteiger partial charge in [0.2, 0.25) is 0 Å². The first-order valence-corrected chi connectivity index (χ1v) is 9.40. The SMILES string of the molecule is C=C(C)c1cn(CC(=O)OC(C)(C)C)c2cc(OCc3ccccc3)ccc12. The summed E-state index contributed by atoms with van der Waals surface area (Å²) >= 11 is 0. The van der Waals surface area contributed by atoms with Gasteiger partial charge in [-0.25, -0.2) is 0 Å². The monoisotopic (exact) mass is 377 g/mol. The second-order valence-electron chi connectivity index (χ2n) is 7.99. The second kappa shape index (κ2) is 7.93. The summed E-state index contributed by atoms with van der Waals surface area (Å²) in [6, 6.07) is 16.0. The number of carbonyl (C=O) groups is 1. The van der Waals surface area contributed by atoms with Crippen molar-refractivity contribution in [2.45, 2.75) is 46.4 Å². The average molecular weight is 377 g/mol. The van der Waals surface area contributed by atoms with Gasteiger partial charge in [-0.3, -0.25) is 4.79 Å². The Morgan fingerprint density at radius 1 is 1.11 bits per heavy atom. The van der Waals surface area contributed by atoms with Crippen LogP contribution in [0, 0.1) is 0 Å². The van der Waals surface area contributed by atoms with Crippen LogP contribution in [0.4, 0.5) is 0 Å². The Kier molecular flexibility index (Phi) is 5.59. The van der Waals surface area contributed by atoms with Gasteiger partial charge in [-0.15, -0.1) is 0 Å². The highest BCUT2D eigenvalue weighted by atomic mass is 16.6. The van der Waals surface area contributed by atoms with E-state index in [-0.39, 0.29) is 12.5 Å². The summed E-state index contributed by atoms with van der Waals surface area (Å²) in [7, 11) is 0. The summed E-state index contributed by atoms with van der Waals surface area (Å²) in [6.07, 6.45) is 1.96. The van der Waals surface area contributed by atoms with E-state index in [1.54, 1.807) is 0 Å². The number of allylic oxidation sites excluding steroid dienone is 1. The molecular formula is C24H27NO3. The maximum absolute atomic E-state index is 12.3. The molecule has 1 aromatic heterocycles. The lowest BCUT2D eigenvalue weighted by Gasteiger charge is -2.19. The third-order valence-corrected chi connectivity index (χ3v) is 4.28. The van der Waals surface area contributed by atoms with Gasteiger partial charge in [0.15, 0.2) is 0 Å². The van der Waals surface area contributed by atoms with Gasteiger partial charge >= 0.3 is 5.97 Å². The van der Waals surface area contributed by atoms with E-state index in [9.17, 15) is 4.79 Å². The first-order valence-electron chi connectivity index (χ1n) is 9.40. The van der Waals surface area contributed by atoms with Gasteiger partial charge in [0, 0.05) is 23.2 Å². The van der Waals surface area contributed by atoms with Crippen LogP contribution in [0.3, 0.4) is 0 Å². The summed E-state index contributed by atoms with van der Waals surface area (Å²) in [4.78, 5) is 12.3. The molecule has 1 heterocycles. The Morgan fingerprint density at radius 3 is 2.46 bits per heavy atom. The number of nitrogens with zero attached hydrogens (tertiary/aromatic N) is 1. The molecule has 28 heavy (non-hydrogen) atoms. The van der Waals surface area contributed by atoms with Gasteiger partial charge in [0.1, 0.15) is 24.5 Å². The quantitative estimate of drug-likeness (QED) is 0.525. The zero-order valence-electron chi connectivity index (χ0n) is 17.0. The average Bonchev–Trinajstić information content (AvgIpc) is 2.97. The summed E-state index contributed by atoms with van der Waals surface area (Å²) in [5, 5.41) is 1.04. The number of carbonyl (C=O) groups excluding carboxylic acids is 1. The number of rotatable bonds is 6. The third kappa shape index (κ3) is 4.83. The van der Waals surface area contributed by atoms with Crippen molar-refractivity contribution in [3.63, 3.8) is 0 Å². The molecule has 0 amide bonds. The number of benzene rings is 2. The van der Waals surface area contributed by atoms with Crippen LogP contribution in [0.1, 0.15) is 38.8 Å². The highest BCUT2D eigenvalue weighted by molar-refractivity contribution is 5.93. The topological polar surface area (TPSA) is 40.5 Å². The largest absolute Gasteiger partial charge is 0.489 e. The normalized spacial score (nSPS) is 11.4. The van der Waals surface area contributed by atoms with Crippen molar-refractivity contribution < 1.29 is 14.3 Å². The summed E-state index contributed by atoms with van der Waals surface area (Å²) in [5.74, 6) is 0.487. The zero-order valence-corrected chi connectivity index (χ0v) is 17.0. The predicted octanol–water partition coefficient (Wildman–Crippen LogP) is 5.60. The molecule has 0 aliphatic carbocycles. The molecule has 0 aliphatic rings. The summed E-state index contributed by atoms with van der Waals surface area (Å²) in [6.45, 7) is 12.3. The lowest BCUT2D eigenvalue weighted by Crippen LogP contribution is -2.26. The summed E-state index contributed by atoms with van der Waals surface area (Å²) < 4.78 is 13.3. The van der Waals surface area contributed by atoms with Crippen LogP contribution in [0.5, 0.6) is 5.75 Å². The first-order chi connectivity index (χ1) is 13.2. The van der Waals surface area contributed by atoms with Gasteiger partial charge < -0.3 is 14.0 Å². The standard InChI is InChI=1S/C24H27NO3/c1-17(2)21-14-25(15-23(26)28-24(3,4)5)22-13-19(11-12-20(21)22)27-16-18-9-7-6-8-10-18/h6-14H,1,15-16H2,2-5H3. The van der Waals surface area contributed by atoms with Crippen molar-refractivity contribution in [1.82, 2.24) is 4.57 Å². The Labute approximate surface area is 166 Å². The fourth-order valence-electron chi connectivity index (χ4n) is 3.09. The minimum absolute atomic E-state index is 0.142. The van der Waals surface area contributed by atoms with E-state index in [1.807, 2.05) is 87.0 Å². The van der Waals surface area contributed by atoms with E-state index in [1.165, 1.54) is 0 Å². The van der Waals surface area contributed by atoms with Gasteiger partial charge in [0.25, 0.3) is 0 Å². The maximum Gasteiger partial charge on any atom is 0.326 e. The third-order valence-electron chi connectivity index (χ3n) is 4.28. The van der Waals surface area contributed by atoms with Gasteiger partial charge in [-0.05, 0) is 51.0 Å². The van der Waals surface area contributed by atoms with Crippen LogP contribution in [-0.2, 0) is 22.7 Å². The Bertz CT molecular complexity index is 994. The number of hydrogen-bond donors (Lipinski definition) is 0. The molecule has 0 fully saturated rings. The number of fused-ring (bicyclic) bond motifs is 1. The molecule has 0 unspecified atom stereocenters. The summed E-state index contributed by atoms with van der Waals surface area (Å²) in [5.41, 5.74) is 3.49. The van der Waals surface area contributed by atoms with Crippen molar-refractivity contribution in [3.8, 4) is 5.75 Å². The lowest BCUT2D eigenvalue weighted by molar-refractivity contribution is -0.155. The fraction of sp³-hybridized carbons (Fsp3) is 0.292. The van der Waals surface area contributed by atoms with E-state index < -0.39 is 5.60 Å². The predicted molar refractivity (Wildman–Crippen MR) is 113 cm³/mol. The molecule has 0 saturated carbocycles. The molecular weight excluding hydrogens is 350 g/mol. The Hall–Kier alpha value is -3.01. The van der Waals surface area contributed by atoms with E-state index >= 15 is 0 Å². The number of aromatic nitrogens is 1. The van der Waals surface area contributed by atoms with E-state index in [0.29, 0.717) is 6.61 Å². The minimum Gasteiger partial charge on any atom is -0.489 e. The molecule has 0 N–H and O–H groups in total.